The summed E-state index contributed by atoms with van der Waals surface area (Å²) in [7, 11) is 0. The van der Waals surface area contributed by atoms with Crippen molar-refractivity contribution in [1.29, 1.82) is 0 Å². The Balaban J connectivity index is 1.98. The highest BCUT2D eigenvalue weighted by molar-refractivity contribution is 7.98. The third-order valence-corrected chi connectivity index (χ3v) is 4.19. The van der Waals surface area contributed by atoms with Crippen molar-refractivity contribution in [3.63, 3.8) is 0 Å². The normalized spacial score (nSPS) is 20.3. The highest BCUT2D eigenvalue weighted by Crippen LogP contribution is 2.23. The number of halogens is 1. The Labute approximate surface area is 128 Å². The minimum atomic E-state index is -0.469. The summed E-state index contributed by atoms with van der Waals surface area (Å²) in [6.07, 6.45) is 2.37. The predicted molar refractivity (Wildman–Crippen MR) is 82.6 cm³/mol. The van der Waals surface area contributed by atoms with E-state index in [4.69, 9.17) is 10.5 Å². The molecule has 2 atom stereocenters. The number of carbonyl (C=O) groups excluding carboxylic acids is 1. The van der Waals surface area contributed by atoms with Crippen molar-refractivity contribution < 1.29 is 13.9 Å². The van der Waals surface area contributed by atoms with Gasteiger partial charge < -0.3 is 15.4 Å². The second kappa shape index (κ2) is 7.77. The number of nitrogens with two attached hydrogens (primary N) is 1. The Morgan fingerprint density at radius 1 is 1.62 bits per heavy atom. The van der Waals surface area contributed by atoms with Crippen molar-refractivity contribution in [1.82, 2.24) is 4.90 Å². The molecule has 0 spiro atoms. The molecule has 1 aliphatic heterocycles. The van der Waals surface area contributed by atoms with Crippen LogP contribution < -0.4 is 5.73 Å². The molecule has 1 fully saturated rings. The van der Waals surface area contributed by atoms with Gasteiger partial charge in [-0.25, -0.2) is 4.39 Å². The molecule has 2 rings (SSSR count). The summed E-state index contributed by atoms with van der Waals surface area (Å²) in [6, 6.07) is 5.84. The van der Waals surface area contributed by atoms with Gasteiger partial charge in [-0.1, -0.05) is 12.1 Å². The highest BCUT2D eigenvalue weighted by atomic mass is 32.2. The van der Waals surface area contributed by atoms with Gasteiger partial charge in [0.25, 0.3) is 0 Å². The summed E-state index contributed by atoms with van der Waals surface area (Å²) in [5.74, 6) is 0.523. The number of amides is 1. The molecule has 1 amide bonds. The van der Waals surface area contributed by atoms with E-state index in [1.807, 2.05) is 12.3 Å². The zero-order chi connectivity index (χ0) is 15.2. The molecule has 21 heavy (non-hydrogen) atoms. The van der Waals surface area contributed by atoms with Gasteiger partial charge in [-0.2, -0.15) is 11.8 Å². The quantitative estimate of drug-likeness (QED) is 0.901. The molecule has 0 saturated carbocycles. The van der Waals surface area contributed by atoms with Gasteiger partial charge in [-0.3, -0.25) is 4.79 Å². The van der Waals surface area contributed by atoms with Gasteiger partial charge in [-0.15, -0.1) is 0 Å². The second-order valence-corrected chi connectivity index (χ2v) is 6.07. The Hall–Kier alpha value is -1.11. The summed E-state index contributed by atoms with van der Waals surface area (Å²) in [6.45, 7) is 1.41. The molecule has 0 bridgehead atoms. The first-order valence-electron chi connectivity index (χ1n) is 7.02. The SMILES string of the molecule is CSCC[C@H](N)C(=O)N1CCOC(c2cccc(F)c2)C1. The summed E-state index contributed by atoms with van der Waals surface area (Å²) < 4.78 is 18.9. The minimum absolute atomic E-state index is 0.0475. The van der Waals surface area contributed by atoms with Crippen LogP contribution in [0.4, 0.5) is 4.39 Å². The van der Waals surface area contributed by atoms with Crippen molar-refractivity contribution in [2.75, 3.05) is 31.7 Å². The lowest BCUT2D eigenvalue weighted by atomic mass is 10.1. The van der Waals surface area contributed by atoms with Crippen molar-refractivity contribution in [3.8, 4) is 0 Å². The van der Waals surface area contributed by atoms with E-state index in [0.29, 0.717) is 26.1 Å². The van der Waals surface area contributed by atoms with Gasteiger partial charge in [0, 0.05) is 6.54 Å². The van der Waals surface area contributed by atoms with E-state index in [1.165, 1.54) is 12.1 Å². The van der Waals surface area contributed by atoms with E-state index in [-0.39, 0.29) is 17.8 Å². The standard InChI is InChI=1S/C15H21FN2O2S/c1-21-8-5-13(17)15(19)18-6-7-20-14(10-18)11-3-2-4-12(16)9-11/h2-4,9,13-14H,5-8,10,17H2,1H3/t13-,14?/m0/s1. The van der Waals surface area contributed by atoms with Crippen molar-refractivity contribution in [2.24, 2.45) is 5.73 Å². The van der Waals surface area contributed by atoms with Gasteiger partial charge in [0.15, 0.2) is 0 Å². The summed E-state index contributed by atoms with van der Waals surface area (Å²) in [4.78, 5) is 14.0. The van der Waals surface area contributed by atoms with Gasteiger partial charge >= 0.3 is 0 Å². The van der Waals surface area contributed by atoms with Crippen LogP contribution in [0.1, 0.15) is 18.1 Å². The highest BCUT2D eigenvalue weighted by Gasteiger charge is 2.28. The molecule has 1 aromatic rings. The molecular weight excluding hydrogens is 291 g/mol. The fraction of sp³-hybridized carbons (Fsp3) is 0.533. The number of morpholine rings is 1. The monoisotopic (exact) mass is 312 g/mol. The van der Waals surface area contributed by atoms with E-state index in [0.717, 1.165) is 11.3 Å². The first-order chi connectivity index (χ1) is 10.1. The molecule has 1 aliphatic rings. The minimum Gasteiger partial charge on any atom is -0.370 e. The Morgan fingerprint density at radius 3 is 3.14 bits per heavy atom. The van der Waals surface area contributed by atoms with E-state index >= 15 is 0 Å². The van der Waals surface area contributed by atoms with Crippen LogP contribution in [0.5, 0.6) is 0 Å². The second-order valence-electron chi connectivity index (χ2n) is 5.09. The van der Waals surface area contributed by atoms with Crippen LogP contribution >= 0.6 is 11.8 Å². The molecule has 1 saturated heterocycles. The molecule has 116 valence electrons. The van der Waals surface area contributed by atoms with Crippen LogP contribution in [0, 0.1) is 5.82 Å². The number of carbonyl (C=O) groups is 1. The van der Waals surface area contributed by atoms with Gasteiger partial charge in [0.05, 0.1) is 19.2 Å². The topological polar surface area (TPSA) is 55.6 Å². The zero-order valence-corrected chi connectivity index (χ0v) is 12.9. The fourth-order valence-corrected chi connectivity index (χ4v) is 2.85. The lowest BCUT2D eigenvalue weighted by Crippen LogP contribution is -2.49. The Morgan fingerprint density at radius 2 is 2.43 bits per heavy atom. The van der Waals surface area contributed by atoms with Crippen molar-refractivity contribution in [3.05, 3.63) is 35.6 Å². The van der Waals surface area contributed by atoms with Crippen LogP contribution in [-0.4, -0.2) is 48.6 Å². The number of hydrogen-bond acceptors (Lipinski definition) is 4. The maximum Gasteiger partial charge on any atom is 0.239 e. The Kier molecular flexibility index (Phi) is 6.02. The molecule has 0 aromatic heterocycles. The number of benzene rings is 1. The third-order valence-electron chi connectivity index (χ3n) is 3.55. The first kappa shape index (κ1) is 16.3. The molecule has 0 radical (unpaired) electrons. The number of thioether (sulfide) groups is 1. The van der Waals surface area contributed by atoms with Crippen LogP contribution in [0.25, 0.3) is 0 Å². The van der Waals surface area contributed by atoms with Gasteiger partial charge in [0.1, 0.15) is 11.9 Å². The number of hydrogen-bond donors (Lipinski definition) is 1. The average Bonchev–Trinajstić information content (AvgIpc) is 2.52. The van der Waals surface area contributed by atoms with Crippen LogP contribution in [0.15, 0.2) is 24.3 Å². The van der Waals surface area contributed by atoms with Crippen LogP contribution in [-0.2, 0) is 9.53 Å². The van der Waals surface area contributed by atoms with Gasteiger partial charge in [-0.05, 0) is 36.1 Å². The van der Waals surface area contributed by atoms with Crippen molar-refractivity contribution in [2.45, 2.75) is 18.6 Å². The molecule has 1 aromatic carbocycles. The van der Waals surface area contributed by atoms with E-state index < -0.39 is 6.04 Å². The number of nitrogens with zero attached hydrogens (tertiary/aromatic N) is 1. The number of rotatable bonds is 5. The molecule has 0 aliphatic carbocycles. The largest absolute Gasteiger partial charge is 0.370 e. The van der Waals surface area contributed by atoms with Crippen LogP contribution in [0.2, 0.25) is 0 Å². The zero-order valence-electron chi connectivity index (χ0n) is 12.1. The maximum atomic E-state index is 13.3. The first-order valence-corrected chi connectivity index (χ1v) is 8.41. The molecule has 6 heteroatoms. The third kappa shape index (κ3) is 4.43. The predicted octanol–water partition coefficient (Wildman–Crippen LogP) is 1.81. The van der Waals surface area contributed by atoms with E-state index in [9.17, 15) is 9.18 Å². The molecule has 1 unspecified atom stereocenters. The van der Waals surface area contributed by atoms with Crippen LogP contribution in [0.3, 0.4) is 0 Å². The summed E-state index contributed by atoms with van der Waals surface area (Å²) >= 11 is 1.68. The summed E-state index contributed by atoms with van der Waals surface area (Å²) in [5.41, 5.74) is 6.69. The molecular formula is C15H21FN2O2S. The fourth-order valence-electron chi connectivity index (χ4n) is 2.36. The molecule has 1 heterocycles. The lowest BCUT2D eigenvalue weighted by Gasteiger charge is -2.34. The summed E-state index contributed by atoms with van der Waals surface area (Å²) in [5, 5.41) is 0. The average molecular weight is 312 g/mol. The Bertz CT molecular complexity index is 486. The maximum absolute atomic E-state index is 13.3. The molecule has 4 nitrogen and oxygen atoms in total. The van der Waals surface area contributed by atoms with Crippen molar-refractivity contribution >= 4 is 17.7 Å². The molecule has 2 N–H and O–H groups in total. The number of ether oxygens (including phenoxy) is 1. The smallest absolute Gasteiger partial charge is 0.239 e. The lowest BCUT2D eigenvalue weighted by molar-refractivity contribution is -0.140. The van der Waals surface area contributed by atoms with Gasteiger partial charge in [0.2, 0.25) is 5.91 Å². The van der Waals surface area contributed by atoms with E-state index in [2.05, 4.69) is 0 Å². The van der Waals surface area contributed by atoms with E-state index in [1.54, 1.807) is 22.7 Å².